The topological polar surface area (TPSA) is 92.8 Å². The second-order valence-corrected chi connectivity index (χ2v) is 8.76. The van der Waals surface area contributed by atoms with Crippen molar-refractivity contribution in [2.45, 2.75) is 56.9 Å². The first-order valence-electron chi connectivity index (χ1n) is 9.41. The van der Waals surface area contributed by atoms with Gasteiger partial charge in [0.1, 0.15) is 0 Å². The highest BCUT2D eigenvalue weighted by atomic mass is 32.2. The Balaban J connectivity index is 1.99. The quantitative estimate of drug-likeness (QED) is 0.681. The van der Waals surface area contributed by atoms with Gasteiger partial charge in [0.25, 0.3) is 5.91 Å². The molecule has 0 spiro atoms. The molecule has 1 atom stereocenters. The lowest BCUT2D eigenvalue weighted by molar-refractivity contribution is -0.124. The highest BCUT2D eigenvalue weighted by Gasteiger charge is 2.26. The first-order valence-corrected chi connectivity index (χ1v) is 10.8. The van der Waals surface area contributed by atoms with Crippen LogP contribution in [0.15, 0.2) is 29.2 Å². The van der Waals surface area contributed by atoms with E-state index in [2.05, 4.69) is 5.32 Å². The van der Waals surface area contributed by atoms with Crippen LogP contribution in [0.2, 0.25) is 0 Å². The summed E-state index contributed by atoms with van der Waals surface area (Å²) in [5, 5.41) is 2.75. The zero-order chi connectivity index (χ0) is 19.9. The van der Waals surface area contributed by atoms with Gasteiger partial charge in [-0.1, -0.05) is 25.8 Å². The minimum absolute atomic E-state index is 0.0132. The lowest BCUT2D eigenvalue weighted by atomic mass is 10.2. The molecular formula is C19H28N2O5S. The van der Waals surface area contributed by atoms with Gasteiger partial charge in [-0.05, 0) is 44.4 Å². The summed E-state index contributed by atoms with van der Waals surface area (Å²) in [6.07, 6.45) is 4.49. The van der Waals surface area contributed by atoms with Crippen molar-refractivity contribution in [1.82, 2.24) is 9.62 Å². The Morgan fingerprint density at radius 3 is 2.59 bits per heavy atom. The maximum absolute atomic E-state index is 12.7. The number of sulfonamides is 1. The van der Waals surface area contributed by atoms with Crippen molar-refractivity contribution >= 4 is 21.9 Å². The number of hydrogen-bond acceptors (Lipinski definition) is 5. The largest absolute Gasteiger partial charge is 0.452 e. The normalized spacial score (nSPS) is 16.5. The third kappa shape index (κ3) is 6.04. The van der Waals surface area contributed by atoms with Crippen LogP contribution >= 0.6 is 0 Å². The lowest BCUT2D eigenvalue weighted by Gasteiger charge is -2.25. The van der Waals surface area contributed by atoms with E-state index in [9.17, 15) is 18.0 Å². The molecule has 27 heavy (non-hydrogen) atoms. The van der Waals surface area contributed by atoms with Crippen LogP contribution in [0, 0.1) is 0 Å². The Morgan fingerprint density at radius 2 is 1.93 bits per heavy atom. The van der Waals surface area contributed by atoms with Crippen LogP contribution in [0.1, 0.15) is 56.3 Å². The second kappa shape index (κ2) is 9.85. The zero-order valence-corrected chi connectivity index (χ0v) is 16.8. The van der Waals surface area contributed by atoms with Gasteiger partial charge in [-0.25, -0.2) is 13.2 Å². The smallest absolute Gasteiger partial charge is 0.338 e. The van der Waals surface area contributed by atoms with E-state index in [1.54, 1.807) is 0 Å². The maximum Gasteiger partial charge on any atom is 0.338 e. The summed E-state index contributed by atoms with van der Waals surface area (Å²) >= 11 is 0. The minimum Gasteiger partial charge on any atom is -0.452 e. The van der Waals surface area contributed by atoms with E-state index in [0.29, 0.717) is 13.1 Å². The van der Waals surface area contributed by atoms with E-state index in [0.717, 1.165) is 32.1 Å². The molecule has 1 saturated heterocycles. The summed E-state index contributed by atoms with van der Waals surface area (Å²) < 4.78 is 31.9. The highest BCUT2D eigenvalue weighted by molar-refractivity contribution is 7.89. The molecule has 0 radical (unpaired) electrons. The Morgan fingerprint density at radius 1 is 1.22 bits per heavy atom. The van der Waals surface area contributed by atoms with Crippen molar-refractivity contribution in [3.63, 3.8) is 0 Å². The zero-order valence-electron chi connectivity index (χ0n) is 15.9. The first-order chi connectivity index (χ1) is 12.8. The summed E-state index contributed by atoms with van der Waals surface area (Å²) in [4.78, 5) is 24.1. The Kier molecular flexibility index (Phi) is 7.79. The fourth-order valence-corrected chi connectivity index (χ4v) is 4.64. The molecule has 1 aliphatic rings. The number of piperidine rings is 1. The number of carbonyl (C=O) groups excluding carboxylic acids is 2. The van der Waals surface area contributed by atoms with E-state index in [-0.39, 0.29) is 22.4 Å². The van der Waals surface area contributed by atoms with Crippen LogP contribution in [0.25, 0.3) is 0 Å². The molecule has 1 aromatic rings. The number of hydrogen-bond donors (Lipinski definition) is 1. The van der Waals surface area contributed by atoms with Crippen molar-refractivity contribution in [2.75, 3.05) is 19.7 Å². The van der Waals surface area contributed by atoms with Crippen LogP contribution in [-0.2, 0) is 19.6 Å². The molecule has 0 saturated carbocycles. The number of ether oxygens (including phenoxy) is 1. The average molecular weight is 397 g/mol. The molecule has 8 heteroatoms. The summed E-state index contributed by atoms with van der Waals surface area (Å²) in [7, 11) is -3.63. The molecule has 1 amide bonds. The summed E-state index contributed by atoms with van der Waals surface area (Å²) in [6, 6.07) is 5.79. The van der Waals surface area contributed by atoms with Crippen LogP contribution < -0.4 is 5.32 Å². The molecule has 1 heterocycles. The summed E-state index contributed by atoms with van der Waals surface area (Å²) in [6.45, 7) is 4.50. The minimum atomic E-state index is -3.63. The van der Waals surface area contributed by atoms with Crippen LogP contribution in [0.3, 0.4) is 0 Å². The molecule has 0 unspecified atom stereocenters. The van der Waals surface area contributed by atoms with Gasteiger partial charge in [-0.2, -0.15) is 4.31 Å². The molecule has 1 aromatic carbocycles. The predicted molar refractivity (Wildman–Crippen MR) is 102 cm³/mol. The third-order valence-electron chi connectivity index (χ3n) is 4.49. The van der Waals surface area contributed by atoms with E-state index in [4.69, 9.17) is 4.74 Å². The molecule has 1 fully saturated rings. The number of esters is 1. The highest BCUT2D eigenvalue weighted by Crippen LogP contribution is 2.21. The first kappa shape index (κ1) is 21.4. The van der Waals surface area contributed by atoms with E-state index in [1.807, 2.05) is 13.8 Å². The van der Waals surface area contributed by atoms with Crippen molar-refractivity contribution in [3.8, 4) is 0 Å². The van der Waals surface area contributed by atoms with Crippen molar-refractivity contribution in [1.29, 1.82) is 0 Å². The second-order valence-electron chi connectivity index (χ2n) is 6.83. The molecule has 1 N–H and O–H groups in total. The van der Waals surface area contributed by atoms with Crippen LogP contribution in [0.4, 0.5) is 0 Å². The third-order valence-corrected chi connectivity index (χ3v) is 6.38. The van der Waals surface area contributed by atoms with Crippen molar-refractivity contribution in [3.05, 3.63) is 29.8 Å². The van der Waals surface area contributed by atoms with E-state index < -0.39 is 22.6 Å². The Hall–Kier alpha value is -1.93. The molecule has 1 aliphatic heterocycles. The lowest BCUT2D eigenvalue weighted by Crippen LogP contribution is -2.36. The van der Waals surface area contributed by atoms with Gasteiger partial charge in [-0.3, -0.25) is 4.79 Å². The van der Waals surface area contributed by atoms with Gasteiger partial charge in [0.2, 0.25) is 10.0 Å². The fourth-order valence-electron chi connectivity index (χ4n) is 3.07. The molecule has 7 nitrogen and oxygen atoms in total. The van der Waals surface area contributed by atoms with Gasteiger partial charge in [-0.15, -0.1) is 0 Å². The number of nitrogens with zero attached hydrogens (tertiary/aromatic N) is 1. The SMILES string of the molecule is CCC[C@@H](C)NC(=O)COC(=O)c1cccc(S(=O)(=O)N2CCCCC2)c1. The van der Waals surface area contributed by atoms with Gasteiger partial charge >= 0.3 is 5.97 Å². The standard InChI is InChI=1S/C19H28N2O5S/c1-3-8-15(2)20-18(22)14-26-19(23)16-9-7-10-17(13-16)27(24,25)21-11-5-4-6-12-21/h7,9-10,13,15H,3-6,8,11-12,14H2,1-2H3,(H,20,22)/t15-/m1/s1. The number of nitrogens with one attached hydrogen (secondary N) is 1. The summed E-state index contributed by atoms with van der Waals surface area (Å²) in [5.41, 5.74) is 0.113. The Labute approximate surface area is 161 Å². The number of benzene rings is 1. The number of carbonyl (C=O) groups is 2. The van der Waals surface area contributed by atoms with E-state index >= 15 is 0 Å². The Bertz CT molecular complexity index is 757. The molecule has 0 bridgehead atoms. The van der Waals surface area contributed by atoms with Gasteiger partial charge in [0, 0.05) is 19.1 Å². The van der Waals surface area contributed by atoms with Crippen LogP contribution in [-0.4, -0.2) is 50.3 Å². The average Bonchev–Trinajstić information content (AvgIpc) is 2.67. The molecule has 150 valence electrons. The van der Waals surface area contributed by atoms with Gasteiger partial charge in [0.15, 0.2) is 6.61 Å². The van der Waals surface area contributed by atoms with Crippen molar-refractivity contribution < 1.29 is 22.7 Å². The van der Waals surface area contributed by atoms with Gasteiger partial charge in [0.05, 0.1) is 10.5 Å². The number of rotatable bonds is 8. The molecular weight excluding hydrogens is 368 g/mol. The maximum atomic E-state index is 12.7. The summed E-state index contributed by atoms with van der Waals surface area (Å²) in [5.74, 6) is -1.09. The monoisotopic (exact) mass is 396 g/mol. The fraction of sp³-hybridized carbons (Fsp3) is 0.579. The van der Waals surface area contributed by atoms with E-state index in [1.165, 1.54) is 28.6 Å². The molecule has 0 aliphatic carbocycles. The van der Waals surface area contributed by atoms with Gasteiger partial charge < -0.3 is 10.1 Å². The molecule has 0 aromatic heterocycles. The van der Waals surface area contributed by atoms with Crippen LogP contribution in [0.5, 0.6) is 0 Å². The predicted octanol–water partition coefficient (Wildman–Crippen LogP) is 2.32. The molecule has 2 rings (SSSR count). The van der Waals surface area contributed by atoms with Crippen molar-refractivity contribution in [2.24, 2.45) is 0 Å². The number of amides is 1.